The number of carbonyl (C=O) groups is 1. The molecule has 0 atom stereocenters. The number of amides is 1. The Hall–Kier alpha value is -2.34. The van der Waals surface area contributed by atoms with E-state index in [0.29, 0.717) is 18.3 Å². The van der Waals surface area contributed by atoms with E-state index in [9.17, 15) is 4.79 Å². The molecule has 1 heterocycles. The molecule has 0 aromatic heterocycles. The minimum Gasteiger partial charge on any atom is -0.486 e. The molecule has 6 heteroatoms. The summed E-state index contributed by atoms with van der Waals surface area (Å²) in [4.78, 5) is 19.3. The zero-order chi connectivity index (χ0) is 18.2. The van der Waals surface area contributed by atoms with Crippen molar-refractivity contribution in [1.82, 2.24) is 10.2 Å². The number of nitrogens with zero attached hydrogens (tertiary/aromatic N) is 2. The zero-order valence-electron chi connectivity index (χ0n) is 15.4. The summed E-state index contributed by atoms with van der Waals surface area (Å²) in [5.74, 6) is 0.703. The molecule has 1 saturated heterocycles. The third-order valence-electron chi connectivity index (χ3n) is 4.87. The first-order valence-corrected chi connectivity index (χ1v) is 9.39. The molecule has 0 unspecified atom stereocenters. The number of para-hydroxylation sites is 1. The molecule has 140 valence electrons. The smallest absolute Gasteiger partial charge is 0.293 e. The highest BCUT2D eigenvalue weighted by molar-refractivity contribution is 6.05. The molecule has 0 radical (unpaired) electrons. The average molecular weight is 356 g/mol. The first kappa shape index (κ1) is 18.5. The van der Waals surface area contributed by atoms with Gasteiger partial charge in [-0.2, -0.15) is 0 Å². The fourth-order valence-corrected chi connectivity index (χ4v) is 3.14. The fraction of sp³-hybridized carbons (Fsp3) is 0.500. The number of hydrogen-bond donors (Lipinski definition) is 2. The van der Waals surface area contributed by atoms with Gasteiger partial charge in [0.2, 0.25) is 5.76 Å². The van der Waals surface area contributed by atoms with Crippen LogP contribution in [0.25, 0.3) is 0 Å². The molecule has 0 bridgehead atoms. The lowest BCUT2D eigenvalue weighted by Crippen LogP contribution is -2.44. The van der Waals surface area contributed by atoms with Gasteiger partial charge in [-0.15, -0.1) is 0 Å². The van der Waals surface area contributed by atoms with Gasteiger partial charge in [-0.1, -0.05) is 24.6 Å². The van der Waals surface area contributed by atoms with Gasteiger partial charge in [-0.25, -0.2) is 0 Å². The second-order valence-corrected chi connectivity index (χ2v) is 6.77. The molecule has 26 heavy (non-hydrogen) atoms. The summed E-state index contributed by atoms with van der Waals surface area (Å²) in [6, 6.07) is 9.48. The van der Waals surface area contributed by atoms with Crippen LogP contribution >= 0.6 is 0 Å². The molecule has 1 aromatic rings. The van der Waals surface area contributed by atoms with E-state index in [2.05, 4.69) is 20.5 Å². The molecule has 6 nitrogen and oxygen atoms in total. The second kappa shape index (κ2) is 9.38. The van der Waals surface area contributed by atoms with Gasteiger partial charge in [0.05, 0.1) is 6.61 Å². The summed E-state index contributed by atoms with van der Waals surface area (Å²) in [6.07, 6.45) is 5.35. The quantitative estimate of drug-likeness (QED) is 0.447. The normalized spacial score (nSPS) is 19.0. The second-order valence-electron chi connectivity index (χ2n) is 6.77. The number of nitrogens with one attached hydrogen (secondary N) is 2. The summed E-state index contributed by atoms with van der Waals surface area (Å²) >= 11 is 0. The van der Waals surface area contributed by atoms with Crippen molar-refractivity contribution in [3.63, 3.8) is 0 Å². The van der Waals surface area contributed by atoms with Crippen LogP contribution in [0, 0.1) is 5.92 Å². The van der Waals surface area contributed by atoms with E-state index in [-0.39, 0.29) is 5.91 Å². The van der Waals surface area contributed by atoms with Gasteiger partial charge in [0.25, 0.3) is 5.91 Å². The van der Waals surface area contributed by atoms with E-state index in [0.717, 1.165) is 37.6 Å². The number of allylic oxidation sites excluding steroid dienone is 1. The van der Waals surface area contributed by atoms with Crippen LogP contribution in [0.4, 0.5) is 5.69 Å². The molecule has 3 rings (SSSR count). The first-order chi connectivity index (χ1) is 12.8. The Labute approximate surface area is 155 Å². The van der Waals surface area contributed by atoms with E-state index >= 15 is 0 Å². The standard InChI is InChI=1S/C20H28N4O2/c1-21-14-18(24-12-10-22-11-13-24)19(26-15-16-6-5-7-16)20(25)23-17-8-3-2-4-9-17/h2-4,8-9,14,16,22H,5-7,10-13,15H2,1H3,(H,23,25)/b19-18-,21-14+. The highest BCUT2D eigenvalue weighted by atomic mass is 16.5. The van der Waals surface area contributed by atoms with Gasteiger partial charge in [0.1, 0.15) is 5.70 Å². The summed E-state index contributed by atoms with van der Waals surface area (Å²) < 4.78 is 6.06. The molecule has 2 N–H and O–H groups in total. The number of ether oxygens (including phenoxy) is 1. The predicted octanol–water partition coefficient (Wildman–Crippen LogP) is 2.26. The molecule has 1 amide bonds. The number of piperazine rings is 1. The lowest BCUT2D eigenvalue weighted by Gasteiger charge is -2.32. The van der Waals surface area contributed by atoms with Crippen LogP contribution in [0.5, 0.6) is 0 Å². The number of carbonyl (C=O) groups excluding carboxylic acids is 1. The lowest BCUT2D eigenvalue weighted by atomic mass is 9.86. The highest BCUT2D eigenvalue weighted by Gasteiger charge is 2.25. The molecule has 2 aliphatic rings. The number of rotatable bonds is 7. The molecule has 1 aromatic carbocycles. The highest BCUT2D eigenvalue weighted by Crippen LogP contribution is 2.27. The molecule has 0 spiro atoms. The Bertz CT molecular complexity index is 647. The molecule has 1 aliphatic carbocycles. The zero-order valence-corrected chi connectivity index (χ0v) is 15.4. The van der Waals surface area contributed by atoms with E-state index in [1.54, 1.807) is 13.3 Å². The number of anilines is 1. The van der Waals surface area contributed by atoms with Gasteiger partial charge in [0.15, 0.2) is 0 Å². The van der Waals surface area contributed by atoms with Crippen LogP contribution in [0.15, 0.2) is 46.8 Å². The summed E-state index contributed by atoms with van der Waals surface area (Å²) in [7, 11) is 1.72. The Balaban J connectivity index is 1.83. The van der Waals surface area contributed by atoms with E-state index in [1.807, 2.05) is 30.3 Å². The Morgan fingerprint density at radius 2 is 2.04 bits per heavy atom. The van der Waals surface area contributed by atoms with Crippen LogP contribution < -0.4 is 10.6 Å². The monoisotopic (exact) mass is 356 g/mol. The van der Waals surface area contributed by atoms with Crippen molar-refractivity contribution in [3.05, 3.63) is 41.8 Å². The summed E-state index contributed by atoms with van der Waals surface area (Å²) in [5.41, 5.74) is 1.53. The van der Waals surface area contributed by atoms with Crippen LogP contribution in [0.1, 0.15) is 19.3 Å². The average Bonchev–Trinajstić information content (AvgIpc) is 2.64. The molecule has 1 saturated carbocycles. The molecule has 2 fully saturated rings. The topological polar surface area (TPSA) is 66.0 Å². The largest absolute Gasteiger partial charge is 0.486 e. The van der Waals surface area contributed by atoms with Gasteiger partial charge in [-0.3, -0.25) is 9.79 Å². The van der Waals surface area contributed by atoms with Crippen LogP contribution in [-0.2, 0) is 9.53 Å². The van der Waals surface area contributed by atoms with E-state index in [4.69, 9.17) is 4.74 Å². The minimum atomic E-state index is -0.219. The maximum absolute atomic E-state index is 13.0. The van der Waals surface area contributed by atoms with Crippen molar-refractivity contribution in [3.8, 4) is 0 Å². The van der Waals surface area contributed by atoms with Crippen molar-refractivity contribution >= 4 is 17.8 Å². The Morgan fingerprint density at radius 3 is 2.65 bits per heavy atom. The van der Waals surface area contributed by atoms with Crippen LogP contribution in [-0.4, -0.2) is 56.9 Å². The van der Waals surface area contributed by atoms with Crippen molar-refractivity contribution in [2.45, 2.75) is 19.3 Å². The van der Waals surface area contributed by atoms with Crippen molar-refractivity contribution < 1.29 is 9.53 Å². The maximum Gasteiger partial charge on any atom is 0.293 e. The Morgan fingerprint density at radius 1 is 1.31 bits per heavy atom. The van der Waals surface area contributed by atoms with E-state index in [1.165, 1.54) is 19.3 Å². The third-order valence-corrected chi connectivity index (χ3v) is 4.87. The number of aliphatic imine (C=N–C) groups is 1. The van der Waals surface area contributed by atoms with Crippen LogP contribution in [0.3, 0.4) is 0 Å². The SMILES string of the molecule is C/N=C/C(=C(/OCC1CCC1)C(=O)Nc1ccccc1)N1CCNCC1. The van der Waals surface area contributed by atoms with E-state index < -0.39 is 0 Å². The Kier molecular flexibility index (Phi) is 6.66. The van der Waals surface area contributed by atoms with Crippen molar-refractivity contribution in [2.24, 2.45) is 10.9 Å². The molecular weight excluding hydrogens is 328 g/mol. The fourth-order valence-electron chi connectivity index (χ4n) is 3.14. The third kappa shape index (κ3) is 4.85. The van der Waals surface area contributed by atoms with Crippen LogP contribution in [0.2, 0.25) is 0 Å². The number of benzene rings is 1. The van der Waals surface area contributed by atoms with Gasteiger partial charge in [-0.05, 0) is 30.9 Å². The van der Waals surface area contributed by atoms with Gasteiger partial charge < -0.3 is 20.3 Å². The molecular formula is C20H28N4O2. The predicted molar refractivity (Wildman–Crippen MR) is 104 cm³/mol. The number of hydrogen-bond acceptors (Lipinski definition) is 5. The first-order valence-electron chi connectivity index (χ1n) is 9.39. The maximum atomic E-state index is 13.0. The summed E-state index contributed by atoms with van der Waals surface area (Å²) in [5, 5.41) is 6.29. The lowest BCUT2D eigenvalue weighted by molar-refractivity contribution is -0.116. The summed E-state index contributed by atoms with van der Waals surface area (Å²) in [6.45, 7) is 4.02. The van der Waals surface area contributed by atoms with Gasteiger partial charge >= 0.3 is 0 Å². The minimum absolute atomic E-state index is 0.219. The van der Waals surface area contributed by atoms with Crippen molar-refractivity contribution in [2.75, 3.05) is 45.2 Å². The molecule has 1 aliphatic heterocycles. The van der Waals surface area contributed by atoms with Crippen molar-refractivity contribution in [1.29, 1.82) is 0 Å². The van der Waals surface area contributed by atoms with Gasteiger partial charge in [0, 0.05) is 45.1 Å².